The minimum Gasteiger partial charge on any atom is -0.352 e. The van der Waals surface area contributed by atoms with Gasteiger partial charge in [0.15, 0.2) is 0 Å². The minimum absolute atomic E-state index is 0.176. The molecule has 0 saturated carbocycles. The molecule has 1 fully saturated rings. The highest BCUT2D eigenvalue weighted by Crippen LogP contribution is 2.50. The van der Waals surface area contributed by atoms with E-state index in [1.54, 1.807) is 5.57 Å². The SMILES string of the molecule is C[C@@]12CCC(=O)N[C@@H]1CCC1=C2CCC(Cl)=C1. The van der Waals surface area contributed by atoms with Gasteiger partial charge in [0, 0.05) is 22.9 Å². The van der Waals surface area contributed by atoms with E-state index in [-0.39, 0.29) is 11.3 Å². The van der Waals surface area contributed by atoms with Crippen LogP contribution in [0.5, 0.6) is 0 Å². The van der Waals surface area contributed by atoms with E-state index in [9.17, 15) is 4.79 Å². The summed E-state index contributed by atoms with van der Waals surface area (Å²) in [6, 6.07) is 0.341. The summed E-state index contributed by atoms with van der Waals surface area (Å²) in [4.78, 5) is 11.5. The molecule has 1 N–H and O–H groups in total. The Kier molecular flexibility index (Phi) is 2.58. The van der Waals surface area contributed by atoms with Crippen LogP contribution in [0.25, 0.3) is 0 Å². The Morgan fingerprint density at radius 3 is 3.00 bits per heavy atom. The largest absolute Gasteiger partial charge is 0.352 e. The highest BCUT2D eigenvalue weighted by atomic mass is 35.5. The van der Waals surface area contributed by atoms with Gasteiger partial charge in [-0.05, 0) is 43.8 Å². The molecule has 1 aliphatic heterocycles. The van der Waals surface area contributed by atoms with Gasteiger partial charge in [-0.3, -0.25) is 4.79 Å². The maximum absolute atomic E-state index is 11.5. The monoisotopic (exact) mass is 251 g/mol. The zero-order valence-corrected chi connectivity index (χ0v) is 10.9. The maximum atomic E-state index is 11.5. The van der Waals surface area contributed by atoms with Crippen molar-refractivity contribution in [2.45, 2.75) is 51.5 Å². The molecule has 0 spiro atoms. The van der Waals surface area contributed by atoms with Crippen molar-refractivity contribution in [3.8, 4) is 0 Å². The molecule has 0 aromatic rings. The summed E-state index contributed by atoms with van der Waals surface area (Å²) >= 11 is 6.14. The second kappa shape index (κ2) is 3.88. The molecule has 3 heteroatoms. The highest BCUT2D eigenvalue weighted by Gasteiger charge is 2.45. The number of fused-ring (bicyclic) bond motifs is 2. The van der Waals surface area contributed by atoms with Gasteiger partial charge in [-0.15, -0.1) is 0 Å². The van der Waals surface area contributed by atoms with Crippen LogP contribution in [-0.2, 0) is 4.79 Å². The zero-order valence-electron chi connectivity index (χ0n) is 10.2. The molecule has 1 amide bonds. The molecule has 17 heavy (non-hydrogen) atoms. The number of carbonyl (C=O) groups excluding carboxylic acids is 1. The summed E-state index contributed by atoms with van der Waals surface area (Å²) in [6.07, 6.45) is 7.99. The first-order valence-electron chi connectivity index (χ1n) is 6.47. The predicted octanol–water partition coefficient (Wildman–Crippen LogP) is 3.28. The van der Waals surface area contributed by atoms with Gasteiger partial charge in [-0.25, -0.2) is 0 Å². The van der Waals surface area contributed by atoms with Crippen LogP contribution in [0.15, 0.2) is 22.3 Å². The molecule has 0 aromatic heterocycles. The van der Waals surface area contributed by atoms with Gasteiger partial charge in [-0.2, -0.15) is 0 Å². The molecule has 92 valence electrons. The van der Waals surface area contributed by atoms with Crippen LogP contribution in [0.2, 0.25) is 0 Å². The molecule has 3 aliphatic rings. The van der Waals surface area contributed by atoms with Crippen LogP contribution in [0, 0.1) is 5.41 Å². The first-order valence-corrected chi connectivity index (χ1v) is 6.85. The van der Waals surface area contributed by atoms with Crippen LogP contribution in [-0.4, -0.2) is 11.9 Å². The topological polar surface area (TPSA) is 29.1 Å². The molecule has 0 bridgehead atoms. The van der Waals surface area contributed by atoms with Crippen LogP contribution in [0.1, 0.15) is 45.4 Å². The Labute approximate surface area is 107 Å². The van der Waals surface area contributed by atoms with Crippen molar-refractivity contribution in [1.29, 1.82) is 0 Å². The number of rotatable bonds is 0. The van der Waals surface area contributed by atoms with Crippen molar-refractivity contribution in [3.63, 3.8) is 0 Å². The van der Waals surface area contributed by atoms with Gasteiger partial charge in [-0.1, -0.05) is 24.1 Å². The van der Waals surface area contributed by atoms with Crippen LogP contribution in [0.4, 0.5) is 0 Å². The Balaban J connectivity index is 2.00. The zero-order chi connectivity index (χ0) is 12.0. The van der Waals surface area contributed by atoms with E-state index in [1.165, 1.54) is 5.57 Å². The quantitative estimate of drug-likeness (QED) is 0.703. The van der Waals surface area contributed by atoms with Crippen molar-refractivity contribution >= 4 is 17.5 Å². The number of halogens is 1. The third-order valence-electron chi connectivity index (χ3n) is 4.70. The number of nitrogens with one attached hydrogen (secondary N) is 1. The van der Waals surface area contributed by atoms with E-state index in [0.717, 1.165) is 37.1 Å². The Morgan fingerprint density at radius 1 is 1.35 bits per heavy atom. The molecule has 0 radical (unpaired) electrons. The average Bonchev–Trinajstić information content (AvgIpc) is 2.30. The Morgan fingerprint density at radius 2 is 2.18 bits per heavy atom. The van der Waals surface area contributed by atoms with Crippen LogP contribution >= 0.6 is 11.6 Å². The van der Waals surface area contributed by atoms with Crippen molar-refractivity contribution in [3.05, 3.63) is 22.3 Å². The molecular formula is C14H18ClNO. The number of carbonyl (C=O) groups is 1. The summed E-state index contributed by atoms with van der Waals surface area (Å²) in [5.74, 6) is 0.223. The minimum atomic E-state index is 0.176. The lowest BCUT2D eigenvalue weighted by atomic mass is 9.62. The number of amides is 1. The third-order valence-corrected chi connectivity index (χ3v) is 5.00. The van der Waals surface area contributed by atoms with E-state index in [0.29, 0.717) is 12.5 Å². The average molecular weight is 252 g/mol. The lowest BCUT2D eigenvalue weighted by Gasteiger charge is -2.48. The van der Waals surface area contributed by atoms with E-state index < -0.39 is 0 Å². The van der Waals surface area contributed by atoms with Gasteiger partial charge in [0.2, 0.25) is 5.91 Å². The van der Waals surface area contributed by atoms with Crippen molar-refractivity contribution in [2.75, 3.05) is 0 Å². The third kappa shape index (κ3) is 1.74. The summed E-state index contributed by atoms with van der Waals surface area (Å²) in [5, 5.41) is 4.17. The first kappa shape index (κ1) is 11.3. The number of allylic oxidation sites excluding steroid dienone is 3. The lowest BCUT2D eigenvalue weighted by Crippen LogP contribution is -2.53. The van der Waals surface area contributed by atoms with Gasteiger partial charge >= 0.3 is 0 Å². The lowest BCUT2D eigenvalue weighted by molar-refractivity contribution is -0.125. The number of hydrogen-bond acceptors (Lipinski definition) is 1. The molecule has 0 aromatic carbocycles. The molecule has 1 heterocycles. The van der Waals surface area contributed by atoms with E-state index in [4.69, 9.17) is 11.6 Å². The summed E-state index contributed by atoms with van der Waals surface area (Å²) in [6.45, 7) is 2.32. The second-order valence-electron chi connectivity index (χ2n) is 5.67. The molecule has 0 unspecified atom stereocenters. The highest BCUT2D eigenvalue weighted by molar-refractivity contribution is 6.29. The fourth-order valence-corrected chi connectivity index (χ4v) is 3.88. The van der Waals surface area contributed by atoms with Gasteiger partial charge in [0.1, 0.15) is 0 Å². The normalized spacial score (nSPS) is 36.9. The summed E-state index contributed by atoms with van der Waals surface area (Å²) in [7, 11) is 0. The maximum Gasteiger partial charge on any atom is 0.220 e. The second-order valence-corrected chi connectivity index (χ2v) is 6.16. The smallest absolute Gasteiger partial charge is 0.220 e. The molecule has 2 atom stereocenters. The van der Waals surface area contributed by atoms with E-state index >= 15 is 0 Å². The van der Waals surface area contributed by atoms with Crippen LogP contribution in [0.3, 0.4) is 0 Å². The number of piperidine rings is 1. The Hall–Kier alpha value is -0.760. The van der Waals surface area contributed by atoms with E-state index in [2.05, 4.69) is 18.3 Å². The summed E-state index contributed by atoms with van der Waals surface area (Å²) < 4.78 is 0. The molecule has 2 nitrogen and oxygen atoms in total. The molecular weight excluding hydrogens is 234 g/mol. The van der Waals surface area contributed by atoms with Gasteiger partial charge < -0.3 is 5.32 Å². The molecule has 2 aliphatic carbocycles. The van der Waals surface area contributed by atoms with Crippen molar-refractivity contribution in [2.24, 2.45) is 5.41 Å². The van der Waals surface area contributed by atoms with Gasteiger partial charge in [0.25, 0.3) is 0 Å². The standard InChI is InChI=1S/C14H18ClNO/c1-14-7-6-13(17)16-12(14)5-2-9-8-10(15)3-4-11(9)14/h8,12H,2-7H2,1H3,(H,16,17)/t12-,14+/m1/s1. The van der Waals surface area contributed by atoms with Gasteiger partial charge in [0.05, 0.1) is 0 Å². The molecule has 3 rings (SSSR count). The fourth-order valence-electron chi connectivity index (χ4n) is 3.65. The number of hydrogen-bond donors (Lipinski definition) is 1. The van der Waals surface area contributed by atoms with E-state index in [1.807, 2.05) is 0 Å². The van der Waals surface area contributed by atoms with Crippen molar-refractivity contribution in [1.82, 2.24) is 5.32 Å². The van der Waals surface area contributed by atoms with Crippen molar-refractivity contribution < 1.29 is 4.79 Å². The summed E-state index contributed by atoms with van der Waals surface area (Å²) in [5.41, 5.74) is 3.17. The predicted molar refractivity (Wildman–Crippen MR) is 68.7 cm³/mol. The Bertz CT molecular complexity index is 438. The molecule has 1 saturated heterocycles. The fraction of sp³-hybridized carbons (Fsp3) is 0.643. The van der Waals surface area contributed by atoms with Crippen LogP contribution < -0.4 is 5.32 Å². The first-order chi connectivity index (χ1) is 8.09.